The maximum absolute atomic E-state index is 5.41. The Hall–Kier alpha value is -2.34. The third-order valence-corrected chi connectivity index (χ3v) is 6.12. The average molecular weight is 413 g/mol. The summed E-state index contributed by atoms with van der Waals surface area (Å²) in [6, 6.07) is 15.2. The van der Waals surface area contributed by atoms with Crippen molar-refractivity contribution in [1.82, 2.24) is 10.6 Å². The predicted octanol–water partition coefficient (Wildman–Crippen LogP) is 3.46. The van der Waals surface area contributed by atoms with Gasteiger partial charge in [-0.1, -0.05) is 24.3 Å². The molecule has 2 aromatic rings. The van der Waals surface area contributed by atoms with E-state index in [-0.39, 0.29) is 0 Å². The summed E-state index contributed by atoms with van der Waals surface area (Å²) in [6.45, 7) is 5.92. The Balaban J connectivity index is 1.44. The Labute approximate surface area is 178 Å². The van der Waals surface area contributed by atoms with Crippen molar-refractivity contribution in [2.45, 2.75) is 19.9 Å². The highest BCUT2D eigenvalue weighted by Crippen LogP contribution is 2.20. The van der Waals surface area contributed by atoms with Crippen LogP contribution in [0.15, 0.2) is 47.5 Å². The molecular weight excluding hydrogens is 380 g/mol. The highest BCUT2D eigenvalue weighted by Gasteiger charge is 2.10. The van der Waals surface area contributed by atoms with Crippen LogP contribution in [0.2, 0.25) is 0 Å². The molecule has 0 bridgehead atoms. The van der Waals surface area contributed by atoms with Gasteiger partial charge in [-0.05, 0) is 48.2 Å². The number of hydrogen-bond acceptors (Lipinski definition) is 4. The zero-order valence-corrected chi connectivity index (χ0v) is 18.5. The van der Waals surface area contributed by atoms with Crippen LogP contribution in [0.25, 0.3) is 0 Å². The number of aliphatic imine (C=N–C) groups is 1. The van der Waals surface area contributed by atoms with Crippen molar-refractivity contribution in [2.75, 3.05) is 50.2 Å². The van der Waals surface area contributed by atoms with E-state index in [1.165, 1.54) is 28.3 Å². The Morgan fingerprint density at radius 2 is 1.79 bits per heavy atom. The van der Waals surface area contributed by atoms with Crippen molar-refractivity contribution in [3.05, 3.63) is 59.2 Å². The summed E-state index contributed by atoms with van der Waals surface area (Å²) >= 11 is 2.04. The summed E-state index contributed by atoms with van der Waals surface area (Å²) in [7, 11) is 3.52. The van der Waals surface area contributed by atoms with Crippen LogP contribution in [0.4, 0.5) is 5.69 Å². The van der Waals surface area contributed by atoms with E-state index < -0.39 is 0 Å². The molecule has 3 rings (SSSR count). The second-order valence-electron chi connectivity index (χ2n) is 7.17. The number of methoxy groups -OCH3 is 1. The lowest BCUT2D eigenvalue weighted by atomic mass is 10.1. The SMILES string of the molecule is CN=C(NCCc1ccc(C)c(OC)c1)NCc1ccc(N2CCSCC2)cc1. The average Bonchev–Trinajstić information content (AvgIpc) is 2.78. The quantitative estimate of drug-likeness (QED) is 0.539. The largest absolute Gasteiger partial charge is 0.496 e. The van der Waals surface area contributed by atoms with Crippen LogP contribution in [0, 0.1) is 6.92 Å². The van der Waals surface area contributed by atoms with Gasteiger partial charge in [-0.3, -0.25) is 4.99 Å². The van der Waals surface area contributed by atoms with Gasteiger partial charge in [0.25, 0.3) is 0 Å². The molecule has 1 fully saturated rings. The molecule has 156 valence electrons. The summed E-state index contributed by atoms with van der Waals surface area (Å²) in [6.07, 6.45) is 0.917. The number of ether oxygens (including phenoxy) is 1. The molecule has 0 radical (unpaired) electrons. The van der Waals surface area contributed by atoms with Crippen molar-refractivity contribution >= 4 is 23.4 Å². The highest BCUT2D eigenvalue weighted by atomic mass is 32.2. The molecule has 5 nitrogen and oxygen atoms in total. The number of nitrogens with zero attached hydrogens (tertiary/aromatic N) is 2. The maximum Gasteiger partial charge on any atom is 0.191 e. The molecular formula is C23H32N4OS. The monoisotopic (exact) mass is 412 g/mol. The molecule has 1 heterocycles. The molecule has 0 spiro atoms. The maximum atomic E-state index is 5.41. The first-order chi connectivity index (χ1) is 14.2. The number of aryl methyl sites for hydroxylation is 1. The fourth-order valence-corrected chi connectivity index (χ4v) is 4.30. The summed E-state index contributed by atoms with van der Waals surface area (Å²) in [5.41, 5.74) is 4.99. The molecule has 0 aliphatic carbocycles. The fourth-order valence-electron chi connectivity index (χ4n) is 3.40. The minimum atomic E-state index is 0.758. The lowest BCUT2D eigenvalue weighted by molar-refractivity contribution is 0.411. The van der Waals surface area contributed by atoms with Gasteiger partial charge in [-0.2, -0.15) is 11.8 Å². The number of thioether (sulfide) groups is 1. The van der Waals surface area contributed by atoms with Gasteiger partial charge >= 0.3 is 0 Å². The first-order valence-electron chi connectivity index (χ1n) is 10.2. The zero-order chi connectivity index (χ0) is 20.5. The molecule has 0 aromatic heterocycles. The predicted molar refractivity (Wildman–Crippen MR) is 126 cm³/mol. The standard InChI is InChI=1S/C23H32N4OS/c1-18-4-5-19(16-22(18)28-3)10-11-25-23(24-2)26-17-20-6-8-21(9-7-20)27-12-14-29-15-13-27/h4-9,16H,10-15,17H2,1-3H3,(H2,24,25,26). The van der Waals surface area contributed by atoms with Crippen molar-refractivity contribution in [3.63, 3.8) is 0 Å². The van der Waals surface area contributed by atoms with E-state index in [1.54, 1.807) is 7.11 Å². The van der Waals surface area contributed by atoms with E-state index in [1.807, 2.05) is 18.8 Å². The van der Waals surface area contributed by atoms with E-state index >= 15 is 0 Å². The summed E-state index contributed by atoms with van der Waals surface area (Å²) in [5.74, 6) is 4.21. The van der Waals surface area contributed by atoms with Gasteiger partial charge in [0.1, 0.15) is 5.75 Å². The highest BCUT2D eigenvalue weighted by molar-refractivity contribution is 7.99. The number of hydrogen-bond donors (Lipinski definition) is 2. The molecule has 1 saturated heterocycles. The van der Waals surface area contributed by atoms with Crippen LogP contribution < -0.4 is 20.3 Å². The molecule has 6 heteroatoms. The molecule has 1 aliphatic heterocycles. The summed E-state index contributed by atoms with van der Waals surface area (Å²) < 4.78 is 5.41. The van der Waals surface area contributed by atoms with Crippen molar-refractivity contribution < 1.29 is 4.74 Å². The topological polar surface area (TPSA) is 48.9 Å². The normalized spacial score (nSPS) is 14.6. The van der Waals surface area contributed by atoms with E-state index in [9.17, 15) is 0 Å². The van der Waals surface area contributed by atoms with Gasteiger partial charge in [-0.15, -0.1) is 0 Å². The molecule has 2 N–H and O–H groups in total. The number of benzene rings is 2. The summed E-state index contributed by atoms with van der Waals surface area (Å²) in [5, 5.41) is 6.79. The third-order valence-electron chi connectivity index (χ3n) is 5.17. The van der Waals surface area contributed by atoms with E-state index in [0.29, 0.717) is 0 Å². The summed E-state index contributed by atoms with van der Waals surface area (Å²) in [4.78, 5) is 6.80. The second-order valence-corrected chi connectivity index (χ2v) is 8.40. The fraction of sp³-hybridized carbons (Fsp3) is 0.435. The molecule has 1 aliphatic rings. The second kappa shape index (κ2) is 11.0. The van der Waals surface area contributed by atoms with Gasteiger partial charge in [0.05, 0.1) is 7.11 Å². The van der Waals surface area contributed by atoms with E-state index in [2.05, 4.69) is 69.9 Å². The third kappa shape index (κ3) is 6.32. The van der Waals surface area contributed by atoms with Crippen LogP contribution in [0.1, 0.15) is 16.7 Å². The molecule has 29 heavy (non-hydrogen) atoms. The van der Waals surface area contributed by atoms with Crippen LogP contribution in [0.3, 0.4) is 0 Å². The molecule has 0 saturated carbocycles. The lowest BCUT2D eigenvalue weighted by Crippen LogP contribution is -2.37. The van der Waals surface area contributed by atoms with Crippen LogP contribution in [0.5, 0.6) is 5.75 Å². The van der Waals surface area contributed by atoms with E-state index in [0.717, 1.165) is 49.9 Å². The minimum Gasteiger partial charge on any atom is -0.496 e. The number of nitrogens with one attached hydrogen (secondary N) is 2. The minimum absolute atomic E-state index is 0.758. The Morgan fingerprint density at radius 1 is 1.07 bits per heavy atom. The van der Waals surface area contributed by atoms with Gasteiger partial charge in [-0.25, -0.2) is 0 Å². The van der Waals surface area contributed by atoms with Crippen molar-refractivity contribution in [3.8, 4) is 5.75 Å². The van der Waals surface area contributed by atoms with E-state index in [4.69, 9.17) is 4.74 Å². The van der Waals surface area contributed by atoms with Gasteiger partial charge in [0, 0.05) is 50.4 Å². The van der Waals surface area contributed by atoms with Crippen molar-refractivity contribution in [2.24, 2.45) is 4.99 Å². The van der Waals surface area contributed by atoms with Crippen molar-refractivity contribution in [1.29, 1.82) is 0 Å². The Morgan fingerprint density at radius 3 is 2.48 bits per heavy atom. The molecule has 0 atom stereocenters. The first kappa shape index (κ1) is 21.4. The van der Waals surface area contributed by atoms with Gasteiger partial charge in [0.15, 0.2) is 5.96 Å². The van der Waals surface area contributed by atoms with Crippen LogP contribution in [-0.2, 0) is 13.0 Å². The Bertz CT molecular complexity index is 801. The number of rotatable bonds is 7. The van der Waals surface area contributed by atoms with Gasteiger partial charge < -0.3 is 20.3 Å². The van der Waals surface area contributed by atoms with Crippen LogP contribution in [-0.4, -0.2) is 51.3 Å². The lowest BCUT2D eigenvalue weighted by Gasteiger charge is -2.28. The van der Waals surface area contributed by atoms with Crippen LogP contribution >= 0.6 is 11.8 Å². The first-order valence-corrected chi connectivity index (χ1v) is 11.3. The molecule has 0 unspecified atom stereocenters. The number of guanidine groups is 1. The number of anilines is 1. The Kier molecular flexibility index (Phi) is 8.11. The zero-order valence-electron chi connectivity index (χ0n) is 17.7. The molecule has 0 amide bonds. The smallest absolute Gasteiger partial charge is 0.191 e. The van der Waals surface area contributed by atoms with Gasteiger partial charge in [0.2, 0.25) is 0 Å². The molecule has 2 aromatic carbocycles.